The van der Waals surface area contributed by atoms with Crippen molar-refractivity contribution in [3.63, 3.8) is 0 Å². The second kappa shape index (κ2) is 12.8. The van der Waals surface area contributed by atoms with Crippen LogP contribution in [0.1, 0.15) is 36.2 Å². The number of hydrogen-bond donors (Lipinski definition) is 3. The Labute approximate surface area is 209 Å². The fourth-order valence-electron chi connectivity index (χ4n) is 2.52. The zero-order chi connectivity index (χ0) is 23.7. The molecule has 0 fully saturated rings. The van der Waals surface area contributed by atoms with Crippen molar-refractivity contribution in [2.24, 2.45) is 5.92 Å². The first kappa shape index (κ1) is 26.1. The van der Waals surface area contributed by atoms with Crippen LogP contribution >= 0.6 is 44.1 Å². The Morgan fingerprint density at radius 2 is 1.84 bits per heavy atom. The van der Waals surface area contributed by atoms with Crippen LogP contribution in [0.4, 0.5) is 0 Å². The Hall–Kier alpha value is -2.17. The summed E-state index contributed by atoms with van der Waals surface area (Å²) in [5.74, 6) is 0.825. The molecule has 2 rings (SSSR count). The van der Waals surface area contributed by atoms with Crippen molar-refractivity contribution in [2.75, 3.05) is 13.2 Å². The van der Waals surface area contributed by atoms with Crippen molar-refractivity contribution in [3.8, 4) is 11.5 Å². The molecule has 0 aliphatic heterocycles. The van der Waals surface area contributed by atoms with Crippen LogP contribution < -0.4 is 25.6 Å². The molecule has 10 heteroatoms. The molecule has 0 aromatic heterocycles. The van der Waals surface area contributed by atoms with Crippen LogP contribution in [0.15, 0.2) is 45.3 Å². The standard InChI is InChI=1S/C22H25Br2N3O4S/c1-13(2)7-8-30-17-6-4-5-15(10-17)21(29)25-22(32)27-26-19(28)12-31-20-14(3)9-16(23)11-18(20)24/h4-6,9-11,13H,7-8,12H2,1-3H3,(H,26,28)(H2,25,27,29,32). The fraction of sp³-hybridized carbons (Fsp3) is 0.318. The first-order valence-electron chi connectivity index (χ1n) is 9.87. The molecular formula is C22H25Br2N3O4S. The molecule has 0 atom stereocenters. The monoisotopic (exact) mass is 585 g/mol. The highest BCUT2D eigenvalue weighted by Crippen LogP contribution is 2.32. The summed E-state index contributed by atoms with van der Waals surface area (Å²) in [7, 11) is 0. The number of ether oxygens (including phenoxy) is 2. The summed E-state index contributed by atoms with van der Waals surface area (Å²) < 4.78 is 12.9. The van der Waals surface area contributed by atoms with Gasteiger partial charge in [-0.05, 0) is 83.3 Å². The molecular weight excluding hydrogens is 562 g/mol. The number of amides is 2. The number of nitrogens with one attached hydrogen (secondary N) is 3. The van der Waals surface area contributed by atoms with Gasteiger partial charge in [0.25, 0.3) is 11.8 Å². The van der Waals surface area contributed by atoms with Crippen LogP contribution in [0.3, 0.4) is 0 Å². The quantitative estimate of drug-likeness (QED) is 0.308. The summed E-state index contributed by atoms with van der Waals surface area (Å²) >= 11 is 11.9. The Balaban J connectivity index is 1.79. The Morgan fingerprint density at radius 1 is 1.09 bits per heavy atom. The van der Waals surface area contributed by atoms with Crippen molar-refractivity contribution < 1.29 is 19.1 Å². The van der Waals surface area contributed by atoms with Crippen molar-refractivity contribution in [1.82, 2.24) is 16.2 Å². The average molecular weight is 587 g/mol. The normalized spacial score (nSPS) is 10.4. The molecule has 0 aliphatic rings. The van der Waals surface area contributed by atoms with E-state index in [9.17, 15) is 9.59 Å². The van der Waals surface area contributed by atoms with Gasteiger partial charge in [-0.3, -0.25) is 25.8 Å². The van der Waals surface area contributed by atoms with Gasteiger partial charge in [0.05, 0.1) is 11.1 Å². The van der Waals surface area contributed by atoms with E-state index in [4.69, 9.17) is 21.7 Å². The summed E-state index contributed by atoms with van der Waals surface area (Å²) in [6, 6.07) is 10.5. The van der Waals surface area contributed by atoms with E-state index >= 15 is 0 Å². The first-order valence-corrected chi connectivity index (χ1v) is 11.9. The van der Waals surface area contributed by atoms with E-state index in [0.29, 0.717) is 29.6 Å². The molecule has 0 spiro atoms. The van der Waals surface area contributed by atoms with Crippen LogP contribution in [0.2, 0.25) is 0 Å². The van der Waals surface area contributed by atoms with E-state index in [1.54, 1.807) is 24.3 Å². The Bertz CT molecular complexity index is 962. The topological polar surface area (TPSA) is 88.7 Å². The van der Waals surface area contributed by atoms with E-state index in [1.165, 1.54) is 0 Å². The van der Waals surface area contributed by atoms with Crippen LogP contribution in [0.5, 0.6) is 11.5 Å². The van der Waals surface area contributed by atoms with Crippen molar-refractivity contribution in [3.05, 3.63) is 56.5 Å². The minimum absolute atomic E-state index is 0.0458. The molecule has 0 bridgehead atoms. The van der Waals surface area contributed by atoms with Gasteiger partial charge in [-0.15, -0.1) is 0 Å². The summed E-state index contributed by atoms with van der Waals surface area (Å²) in [5, 5.41) is 2.46. The van der Waals surface area contributed by atoms with Gasteiger partial charge in [-0.1, -0.05) is 35.8 Å². The molecule has 0 aliphatic carbocycles. The minimum atomic E-state index is -0.462. The smallest absolute Gasteiger partial charge is 0.276 e. The Morgan fingerprint density at radius 3 is 2.53 bits per heavy atom. The zero-order valence-electron chi connectivity index (χ0n) is 18.0. The van der Waals surface area contributed by atoms with Gasteiger partial charge in [0.1, 0.15) is 11.5 Å². The summed E-state index contributed by atoms with van der Waals surface area (Å²) in [5.41, 5.74) is 6.14. The summed E-state index contributed by atoms with van der Waals surface area (Å²) in [6.07, 6.45) is 0.923. The molecule has 172 valence electrons. The van der Waals surface area contributed by atoms with E-state index in [0.717, 1.165) is 20.9 Å². The molecule has 32 heavy (non-hydrogen) atoms. The van der Waals surface area contributed by atoms with Crippen molar-refractivity contribution in [1.29, 1.82) is 0 Å². The van der Waals surface area contributed by atoms with Gasteiger partial charge in [-0.2, -0.15) is 0 Å². The first-order chi connectivity index (χ1) is 15.2. The van der Waals surface area contributed by atoms with Gasteiger partial charge in [0, 0.05) is 10.0 Å². The lowest BCUT2D eigenvalue weighted by Gasteiger charge is -2.14. The highest BCUT2D eigenvalue weighted by molar-refractivity contribution is 9.11. The van der Waals surface area contributed by atoms with Crippen LogP contribution in [-0.2, 0) is 4.79 Å². The van der Waals surface area contributed by atoms with E-state index in [1.807, 2.05) is 19.1 Å². The number of carbonyl (C=O) groups excluding carboxylic acids is 2. The molecule has 0 saturated heterocycles. The number of thiocarbonyl (C=S) groups is 1. The van der Waals surface area contributed by atoms with Gasteiger partial charge in [0.15, 0.2) is 11.7 Å². The number of hydrazine groups is 1. The van der Waals surface area contributed by atoms with Gasteiger partial charge in [-0.25, -0.2) is 0 Å². The number of aryl methyl sites for hydroxylation is 1. The third-order valence-corrected chi connectivity index (χ3v) is 5.40. The number of benzene rings is 2. The van der Waals surface area contributed by atoms with E-state index in [-0.39, 0.29) is 11.7 Å². The highest BCUT2D eigenvalue weighted by atomic mass is 79.9. The number of rotatable bonds is 8. The number of halogens is 2. The predicted octanol–water partition coefficient (Wildman–Crippen LogP) is 4.66. The Kier molecular flexibility index (Phi) is 10.4. The van der Waals surface area contributed by atoms with E-state index < -0.39 is 11.8 Å². The lowest BCUT2D eigenvalue weighted by Crippen LogP contribution is -2.49. The summed E-state index contributed by atoms with van der Waals surface area (Å²) in [4.78, 5) is 24.5. The molecule has 0 saturated carbocycles. The predicted molar refractivity (Wildman–Crippen MR) is 135 cm³/mol. The maximum atomic E-state index is 12.4. The molecule has 2 aromatic carbocycles. The number of hydrogen-bond acceptors (Lipinski definition) is 5. The molecule has 2 amide bonds. The second-order valence-corrected chi connectivity index (χ2v) is 9.52. The molecule has 0 unspecified atom stereocenters. The molecule has 0 radical (unpaired) electrons. The van der Waals surface area contributed by atoms with Gasteiger partial charge >= 0.3 is 0 Å². The zero-order valence-corrected chi connectivity index (χ0v) is 21.9. The molecule has 0 heterocycles. The van der Waals surface area contributed by atoms with Crippen molar-refractivity contribution >= 4 is 61.0 Å². The van der Waals surface area contributed by atoms with E-state index in [2.05, 4.69) is 61.9 Å². The third-order valence-electron chi connectivity index (χ3n) is 4.14. The van der Waals surface area contributed by atoms with Gasteiger partial charge < -0.3 is 9.47 Å². The highest BCUT2D eigenvalue weighted by Gasteiger charge is 2.12. The second-order valence-electron chi connectivity index (χ2n) is 7.34. The van der Waals surface area contributed by atoms with Gasteiger partial charge in [0.2, 0.25) is 0 Å². The minimum Gasteiger partial charge on any atom is -0.494 e. The lowest BCUT2D eigenvalue weighted by molar-refractivity contribution is -0.123. The molecule has 3 N–H and O–H groups in total. The maximum Gasteiger partial charge on any atom is 0.276 e. The van der Waals surface area contributed by atoms with Crippen molar-refractivity contribution in [2.45, 2.75) is 27.2 Å². The fourth-order valence-corrected chi connectivity index (χ4v) is 4.22. The SMILES string of the molecule is Cc1cc(Br)cc(Br)c1OCC(=O)NNC(=S)NC(=O)c1cccc(OCCC(C)C)c1. The lowest BCUT2D eigenvalue weighted by atomic mass is 10.1. The maximum absolute atomic E-state index is 12.4. The number of carbonyl (C=O) groups is 2. The average Bonchev–Trinajstić information content (AvgIpc) is 2.71. The van der Waals surface area contributed by atoms with Crippen LogP contribution in [-0.4, -0.2) is 30.1 Å². The molecule has 7 nitrogen and oxygen atoms in total. The largest absolute Gasteiger partial charge is 0.494 e. The summed E-state index contributed by atoms with van der Waals surface area (Å²) in [6.45, 7) is 6.45. The third kappa shape index (κ3) is 8.76. The van der Waals surface area contributed by atoms with Crippen LogP contribution in [0, 0.1) is 12.8 Å². The van der Waals surface area contributed by atoms with Crippen LogP contribution in [0.25, 0.3) is 0 Å². The molecule has 2 aromatic rings.